The number of carbonyl (C=O) groups excluding carboxylic acids is 1. The fraction of sp³-hybridized carbons (Fsp3) is 0.118. The molecule has 0 unspecified atom stereocenters. The molecule has 3 rings (SSSR count). The van der Waals surface area contributed by atoms with Crippen molar-refractivity contribution in [1.82, 2.24) is 0 Å². The number of benzene rings is 2. The van der Waals surface area contributed by atoms with Crippen molar-refractivity contribution in [3.63, 3.8) is 0 Å². The fourth-order valence-electron chi connectivity index (χ4n) is 2.45. The second-order valence-electron chi connectivity index (χ2n) is 5.17. The van der Waals surface area contributed by atoms with Gasteiger partial charge in [0, 0.05) is 23.1 Å². The van der Waals surface area contributed by atoms with Crippen LogP contribution in [0.2, 0.25) is 0 Å². The highest BCUT2D eigenvalue weighted by atomic mass is 16.6. The van der Waals surface area contributed by atoms with E-state index in [1.54, 1.807) is 19.1 Å². The lowest BCUT2D eigenvalue weighted by molar-refractivity contribution is -0.384. The summed E-state index contributed by atoms with van der Waals surface area (Å²) >= 11 is 0. The lowest BCUT2D eigenvalue weighted by Gasteiger charge is -2.01. The fourth-order valence-corrected chi connectivity index (χ4v) is 2.45. The summed E-state index contributed by atoms with van der Waals surface area (Å²) in [7, 11) is 0. The van der Waals surface area contributed by atoms with Gasteiger partial charge in [0.1, 0.15) is 11.3 Å². The minimum absolute atomic E-state index is 0.0637. The van der Waals surface area contributed by atoms with Gasteiger partial charge in [-0.05, 0) is 19.9 Å². The van der Waals surface area contributed by atoms with Crippen LogP contribution in [0.4, 0.5) is 5.69 Å². The van der Waals surface area contributed by atoms with Crippen molar-refractivity contribution in [2.75, 3.05) is 0 Å². The minimum atomic E-state index is -0.484. The van der Waals surface area contributed by atoms with Gasteiger partial charge >= 0.3 is 0 Å². The molecule has 0 radical (unpaired) electrons. The molecule has 0 bridgehead atoms. The molecule has 0 saturated heterocycles. The zero-order valence-corrected chi connectivity index (χ0v) is 12.1. The summed E-state index contributed by atoms with van der Waals surface area (Å²) in [5, 5.41) is 11.4. The number of fused-ring (bicyclic) bond motifs is 1. The van der Waals surface area contributed by atoms with E-state index in [4.69, 9.17) is 4.42 Å². The maximum atomic E-state index is 12.7. The second-order valence-corrected chi connectivity index (χ2v) is 5.17. The molecule has 0 fully saturated rings. The van der Waals surface area contributed by atoms with Gasteiger partial charge in [-0.1, -0.05) is 29.8 Å². The summed E-state index contributed by atoms with van der Waals surface area (Å²) in [5.74, 6) is 0.262. The highest BCUT2D eigenvalue weighted by molar-refractivity contribution is 6.17. The molecule has 110 valence electrons. The number of hydrogen-bond acceptors (Lipinski definition) is 4. The highest BCUT2D eigenvalue weighted by Gasteiger charge is 2.21. The normalized spacial score (nSPS) is 10.8. The van der Waals surface area contributed by atoms with E-state index in [1.807, 2.05) is 19.1 Å². The predicted molar refractivity (Wildman–Crippen MR) is 82.2 cm³/mol. The topological polar surface area (TPSA) is 73.3 Å². The summed E-state index contributed by atoms with van der Waals surface area (Å²) in [6.07, 6.45) is 0. The number of nitro groups is 1. The van der Waals surface area contributed by atoms with Gasteiger partial charge < -0.3 is 4.42 Å². The van der Waals surface area contributed by atoms with Crippen LogP contribution in [0.15, 0.2) is 46.9 Å². The standard InChI is InChI=1S/C17H13NO4/c1-10-3-5-12(6-4-10)17(19)16-11(2)22-15-8-7-13(18(20)21)9-14(15)16/h3-9H,1-2H3. The van der Waals surface area contributed by atoms with Crippen LogP contribution in [0.3, 0.4) is 0 Å². The third kappa shape index (κ3) is 2.26. The van der Waals surface area contributed by atoms with Crippen LogP contribution < -0.4 is 0 Å². The van der Waals surface area contributed by atoms with Gasteiger partial charge in [0.2, 0.25) is 0 Å². The van der Waals surface area contributed by atoms with Gasteiger partial charge in [0.25, 0.3) is 5.69 Å². The number of nitrogens with zero attached hydrogens (tertiary/aromatic N) is 1. The van der Waals surface area contributed by atoms with E-state index >= 15 is 0 Å². The number of aryl methyl sites for hydroxylation is 2. The summed E-state index contributed by atoms with van der Waals surface area (Å²) in [5.41, 5.74) is 2.37. The highest BCUT2D eigenvalue weighted by Crippen LogP contribution is 2.30. The van der Waals surface area contributed by atoms with Crippen LogP contribution in [0, 0.1) is 24.0 Å². The monoisotopic (exact) mass is 295 g/mol. The molecule has 0 aliphatic rings. The Balaban J connectivity index is 2.18. The van der Waals surface area contributed by atoms with Crippen LogP contribution in [0.5, 0.6) is 0 Å². The first kappa shape index (κ1) is 14.0. The smallest absolute Gasteiger partial charge is 0.270 e. The molecule has 22 heavy (non-hydrogen) atoms. The largest absolute Gasteiger partial charge is 0.461 e. The summed E-state index contributed by atoms with van der Waals surface area (Å²) < 4.78 is 5.56. The molecule has 1 aromatic heterocycles. The zero-order chi connectivity index (χ0) is 15.9. The molecule has 5 heteroatoms. The van der Waals surface area contributed by atoms with Crippen molar-refractivity contribution in [2.45, 2.75) is 13.8 Å². The Morgan fingerprint density at radius 2 is 1.77 bits per heavy atom. The number of carbonyl (C=O) groups is 1. The van der Waals surface area contributed by atoms with E-state index in [0.717, 1.165) is 5.56 Å². The number of hydrogen-bond donors (Lipinski definition) is 0. The van der Waals surface area contributed by atoms with Gasteiger partial charge in [-0.3, -0.25) is 14.9 Å². The third-order valence-corrected chi connectivity index (χ3v) is 3.60. The van der Waals surface area contributed by atoms with E-state index in [0.29, 0.717) is 27.9 Å². The Morgan fingerprint density at radius 3 is 2.41 bits per heavy atom. The molecule has 0 aliphatic heterocycles. The third-order valence-electron chi connectivity index (χ3n) is 3.60. The van der Waals surface area contributed by atoms with Gasteiger partial charge in [-0.25, -0.2) is 0 Å². The average Bonchev–Trinajstić information content (AvgIpc) is 2.82. The molecule has 0 atom stereocenters. The summed E-state index contributed by atoms with van der Waals surface area (Å²) in [6, 6.07) is 11.5. The zero-order valence-electron chi connectivity index (χ0n) is 12.1. The van der Waals surface area contributed by atoms with E-state index in [-0.39, 0.29) is 11.5 Å². The van der Waals surface area contributed by atoms with Crippen molar-refractivity contribution in [2.24, 2.45) is 0 Å². The Hall–Kier alpha value is -2.95. The number of rotatable bonds is 3. The molecular weight excluding hydrogens is 282 g/mol. The average molecular weight is 295 g/mol. The maximum absolute atomic E-state index is 12.7. The van der Waals surface area contributed by atoms with Crippen molar-refractivity contribution in [3.05, 3.63) is 75.0 Å². The van der Waals surface area contributed by atoms with E-state index in [1.165, 1.54) is 18.2 Å². The lowest BCUT2D eigenvalue weighted by Crippen LogP contribution is -2.02. The van der Waals surface area contributed by atoms with Crippen LogP contribution in [-0.4, -0.2) is 10.7 Å². The first-order valence-corrected chi connectivity index (χ1v) is 6.76. The predicted octanol–water partition coefficient (Wildman–Crippen LogP) is 4.19. The molecule has 0 saturated carbocycles. The second kappa shape index (κ2) is 5.11. The van der Waals surface area contributed by atoms with Crippen LogP contribution in [-0.2, 0) is 0 Å². The number of non-ortho nitro benzene ring substituents is 1. The number of ketones is 1. The van der Waals surface area contributed by atoms with Crippen LogP contribution >= 0.6 is 0 Å². The minimum Gasteiger partial charge on any atom is -0.461 e. The van der Waals surface area contributed by atoms with Crippen molar-refractivity contribution in [3.8, 4) is 0 Å². The molecule has 0 aliphatic carbocycles. The molecule has 0 amide bonds. The molecule has 2 aromatic carbocycles. The van der Waals surface area contributed by atoms with Gasteiger partial charge in [-0.15, -0.1) is 0 Å². The molecule has 1 heterocycles. The maximum Gasteiger partial charge on any atom is 0.270 e. The van der Waals surface area contributed by atoms with E-state index in [9.17, 15) is 14.9 Å². The van der Waals surface area contributed by atoms with Crippen molar-refractivity contribution in [1.29, 1.82) is 0 Å². The van der Waals surface area contributed by atoms with Gasteiger partial charge in [0.05, 0.1) is 10.5 Å². The van der Waals surface area contributed by atoms with Gasteiger partial charge in [0.15, 0.2) is 5.78 Å². The Kier molecular flexibility index (Phi) is 3.25. The molecule has 3 aromatic rings. The van der Waals surface area contributed by atoms with E-state index < -0.39 is 4.92 Å². The first-order valence-electron chi connectivity index (χ1n) is 6.76. The number of nitro benzene ring substituents is 1. The van der Waals surface area contributed by atoms with E-state index in [2.05, 4.69) is 0 Å². The quantitative estimate of drug-likeness (QED) is 0.412. The Morgan fingerprint density at radius 1 is 1.09 bits per heavy atom. The van der Waals surface area contributed by atoms with Crippen molar-refractivity contribution >= 4 is 22.4 Å². The van der Waals surface area contributed by atoms with Crippen molar-refractivity contribution < 1.29 is 14.1 Å². The summed E-state index contributed by atoms with van der Waals surface area (Å²) in [6.45, 7) is 3.63. The molecular formula is C17H13NO4. The first-order chi connectivity index (χ1) is 10.5. The van der Waals surface area contributed by atoms with Gasteiger partial charge in [-0.2, -0.15) is 0 Å². The lowest BCUT2D eigenvalue weighted by atomic mass is 9.99. The summed E-state index contributed by atoms with van der Waals surface area (Å²) in [4.78, 5) is 23.2. The molecule has 0 N–H and O–H groups in total. The SMILES string of the molecule is Cc1ccc(C(=O)c2c(C)oc3ccc([N+](=O)[O-])cc23)cc1. The molecule has 5 nitrogen and oxygen atoms in total. The van der Waals surface area contributed by atoms with Crippen LogP contribution in [0.25, 0.3) is 11.0 Å². The number of furan rings is 1. The van der Waals surface area contributed by atoms with Crippen LogP contribution in [0.1, 0.15) is 27.2 Å². The molecule has 0 spiro atoms. The Labute approximate surface area is 126 Å². The Bertz CT molecular complexity index is 891.